The summed E-state index contributed by atoms with van der Waals surface area (Å²) in [6, 6.07) is 73.3. The van der Waals surface area contributed by atoms with Gasteiger partial charge in [0.25, 0.3) is 0 Å². The molecular weight excluding hydrogens is 703 g/mol. The molecule has 0 bridgehead atoms. The molecule has 11 rings (SSSR count). The Morgan fingerprint density at radius 2 is 0.836 bits per heavy atom. The van der Waals surface area contributed by atoms with E-state index in [1.165, 1.54) is 84.5 Å². The molecule has 2 aromatic heterocycles. The van der Waals surface area contributed by atoms with Gasteiger partial charge in [-0.3, -0.25) is 0 Å². The zero-order valence-corrected chi connectivity index (χ0v) is 31.4. The van der Waals surface area contributed by atoms with Gasteiger partial charge < -0.3 is 4.90 Å². The minimum absolute atomic E-state index is 1.12. The average molecular weight is 736 g/mol. The largest absolute Gasteiger partial charge is 0.310 e. The fraction of sp³-hybridized carbons (Fsp3) is 0. The van der Waals surface area contributed by atoms with Crippen LogP contribution in [0.5, 0.6) is 0 Å². The first kappa shape index (κ1) is 32.0. The van der Waals surface area contributed by atoms with Crippen LogP contribution < -0.4 is 4.90 Å². The molecule has 0 atom stereocenters. The summed E-state index contributed by atoms with van der Waals surface area (Å²) in [5, 5.41) is 7.76. The van der Waals surface area contributed by atoms with E-state index >= 15 is 0 Å². The average Bonchev–Trinajstić information content (AvgIpc) is 3.82. The van der Waals surface area contributed by atoms with Crippen molar-refractivity contribution in [3.8, 4) is 33.4 Å². The van der Waals surface area contributed by atoms with E-state index in [0.717, 1.165) is 17.1 Å². The molecule has 0 saturated carbocycles. The van der Waals surface area contributed by atoms with E-state index < -0.39 is 0 Å². The van der Waals surface area contributed by atoms with Crippen molar-refractivity contribution in [3.63, 3.8) is 0 Å². The molecule has 0 N–H and O–H groups in total. The molecule has 0 aliphatic rings. The minimum Gasteiger partial charge on any atom is -0.310 e. The maximum Gasteiger partial charge on any atom is 0.0468 e. The second kappa shape index (κ2) is 13.1. The summed E-state index contributed by atoms with van der Waals surface area (Å²) in [5.41, 5.74) is 10.8. The Kier molecular flexibility index (Phi) is 7.61. The Balaban J connectivity index is 1.05. The van der Waals surface area contributed by atoms with Crippen LogP contribution in [-0.4, -0.2) is 0 Å². The molecule has 258 valence electrons. The standard InChI is InChI=1S/C52H33NS2/c1-2-10-34(11-3-1)35-20-25-39(26-21-35)53(40-27-22-37(23-28-40)43-16-8-13-36-12-4-5-14-42(36)43)41-29-31-51-48(33-41)47-32-38(24-30-50(47)54-51)44-17-9-18-46-45-15-6-7-19-49(45)55-52(44)46/h1-33H. The van der Waals surface area contributed by atoms with Crippen LogP contribution in [0.3, 0.4) is 0 Å². The molecule has 55 heavy (non-hydrogen) atoms. The van der Waals surface area contributed by atoms with Crippen LogP contribution in [0.15, 0.2) is 200 Å². The Bertz CT molecular complexity index is 3180. The van der Waals surface area contributed by atoms with Gasteiger partial charge in [-0.15, -0.1) is 22.7 Å². The number of nitrogens with zero attached hydrogens (tertiary/aromatic N) is 1. The van der Waals surface area contributed by atoms with E-state index in [4.69, 9.17) is 0 Å². The van der Waals surface area contributed by atoms with Crippen molar-refractivity contribution in [2.75, 3.05) is 4.90 Å². The number of hydrogen-bond donors (Lipinski definition) is 0. The van der Waals surface area contributed by atoms with E-state index in [0.29, 0.717) is 0 Å². The lowest BCUT2D eigenvalue weighted by Gasteiger charge is -2.26. The molecule has 11 aromatic rings. The number of rotatable bonds is 6. The first-order valence-corrected chi connectivity index (χ1v) is 20.3. The quantitative estimate of drug-likeness (QED) is 0.164. The molecule has 2 heterocycles. The maximum absolute atomic E-state index is 2.41. The van der Waals surface area contributed by atoms with Gasteiger partial charge in [-0.2, -0.15) is 0 Å². The van der Waals surface area contributed by atoms with E-state index in [2.05, 4.69) is 205 Å². The summed E-state index contributed by atoms with van der Waals surface area (Å²) in [6.45, 7) is 0. The lowest BCUT2D eigenvalue weighted by Crippen LogP contribution is -2.09. The SMILES string of the molecule is c1ccc(-c2ccc(N(c3ccc(-c4cccc5ccccc45)cc3)c3ccc4sc5ccc(-c6cccc7c6sc6ccccc67)cc5c4c3)cc2)cc1. The number of thiophene rings is 2. The van der Waals surface area contributed by atoms with Gasteiger partial charge in [0.15, 0.2) is 0 Å². The predicted molar refractivity (Wildman–Crippen MR) is 241 cm³/mol. The van der Waals surface area contributed by atoms with Crippen molar-refractivity contribution in [1.82, 2.24) is 0 Å². The van der Waals surface area contributed by atoms with Gasteiger partial charge >= 0.3 is 0 Å². The van der Waals surface area contributed by atoms with Gasteiger partial charge in [0.1, 0.15) is 0 Å². The highest BCUT2D eigenvalue weighted by Crippen LogP contribution is 2.45. The zero-order valence-electron chi connectivity index (χ0n) is 29.8. The Morgan fingerprint density at radius 3 is 1.65 bits per heavy atom. The third-order valence-corrected chi connectivity index (χ3v) is 13.3. The third-order valence-electron chi connectivity index (χ3n) is 10.9. The maximum atomic E-state index is 2.41. The molecule has 0 saturated heterocycles. The molecule has 0 aliphatic heterocycles. The van der Waals surface area contributed by atoms with Gasteiger partial charge in [0.05, 0.1) is 0 Å². The molecule has 0 unspecified atom stereocenters. The fourth-order valence-electron chi connectivity index (χ4n) is 8.19. The van der Waals surface area contributed by atoms with Crippen LogP contribution in [0, 0.1) is 0 Å². The molecule has 3 heteroatoms. The second-order valence-electron chi connectivity index (χ2n) is 14.1. The highest BCUT2D eigenvalue weighted by atomic mass is 32.1. The topological polar surface area (TPSA) is 3.24 Å². The molecule has 0 spiro atoms. The highest BCUT2D eigenvalue weighted by molar-refractivity contribution is 7.26. The Morgan fingerprint density at radius 1 is 0.291 bits per heavy atom. The lowest BCUT2D eigenvalue weighted by molar-refractivity contribution is 1.29. The predicted octanol–water partition coefficient (Wildman–Crippen LogP) is 16.0. The number of benzene rings is 9. The van der Waals surface area contributed by atoms with Gasteiger partial charge in [-0.25, -0.2) is 0 Å². The van der Waals surface area contributed by atoms with Crippen LogP contribution in [0.4, 0.5) is 17.1 Å². The van der Waals surface area contributed by atoms with Gasteiger partial charge in [0, 0.05) is 57.4 Å². The van der Waals surface area contributed by atoms with Crippen LogP contribution in [0.2, 0.25) is 0 Å². The van der Waals surface area contributed by atoms with Crippen molar-refractivity contribution in [2.45, 2.75) is 0 Å². The highest BCUT2D eigenvalue weighted by Gasteiger charge is 2.17. The van der Waals surface area contributed by atoms with Crippen molar-refractivity contribution in [2.24, 2.45) is 0 Å². The summed E-state index contributed by atoms with van der Waals surface area (Å²) in [6.07, 6.45) is 0. The number of hydrogen-bond acceptors (Lipinski definition) is 3. The molecule has 1 nitrogen and oxygen atoms in total. The summed E-state index contributed by atoms with van der Waals surface area (Å²) in [5.74, 6) is 0. The summed E-state index contributed by atoms with van der Waals surface area (Å²) < 4.78 is 5.28. The van der Waals surface area contributed by atoms with Crippen LogP contribution >= 0.6 is 22.7 Å². The van der Waals surface area contributed by atoms with Crippen LogP contribution in [0.25, 0.3) is 84.5 Å². The van der Waals surface area contributed by atoms with Gasteiger partial charge in [-0.1, -0.05) is 140 Å². The van der Waals surface area contributed by atoms with Crippen LogP contribution in [-0.2, 0) is 0 Å². The molecule has 0 aliphatic carbocycles. The van der Waals surface area contributed by atoms with Crippen molar-refractivity contribution >= 4 is 90.9 Å². The van der Waals surface area contributed by atoms with E-state index in [1.54, 1.807) is 0 Å². The smallest absolute Gasteiger partial charge is 0.0468 e. The van der Waals surface area contributed by atoms with E-state index in [9.17, 15) is 0 Å². The normalized spacial score (nSPS) is 11.6. The van der Waals surface area contributed by atoms with Crippen molar-refractivity contribution in [1.29, 1.82) is 0 Å². The zero-order chi connectivity index (χ0) is 36.3. The van der Waals surface area contributed by atoms with E-state index in [-0.39, 0.29) is 0 Å². The van der Waals surface area contributed by atoms with Crippen molar-refractivity contribution < 1.29 is 0 Å². The third kappa shape index (κ3) is 5.51. The van der Waals surface area contributed by atoms with E-state index in [1.807, 2.05) is 22.7 Å². The summed E-state index contributed by atoms with van der Waals surface area (Å²) >= 11 is 3.76. The molecule has 0 amide bonds. The summed E-state index contributed by atoms with van der Waals surface area (Å²) in [4.78, 5) is 2.40. The Labute approximate surface area is 327 Å². The first-order valence-electron chi connectivity index (χ1n) is 18.7. The molecule has 0 fully saturated rings. The van der Waals surface area contributed by atoms with Crippen molar-refractivity contribution in [3.05, 3.63) is 200 Å². The minimum atomic E-state index is 1.12. The molecule has 0 radical (unpaired) electrons. The second-order valence-corrected chi connectivity index (χ2v) is 16.2. The molecular formula is C52H33NS2. The van der Waals surface area contributed by atoms with Gasteiger partial charge in [0.2, 0.25) is 0 Å². The summed E-state index contributed by atoms with van der Waals surface area (Å²) in [7, 11) is 0. The first-order chi connectivity index (χ1) is 27.2. The van der Waals surface area contributed by atoms with Crippen LogP contribution in [0.1, 0.15) is 0 Å². The lowest BCUT2D eigenvalue weighted by atomic mass is 9.98. The Hall–Kier alpha value is -6.52. The fourth-order valence-corrected chi connectivity index (χ4v) is 10.5. The monoisotopic (exact) mass is 735 g/mol. The molecule has 9 aromatic carbocycles. The number of fused-ring (bicyclic) bond motifs is 7. The van der Waals surface area contributed by atoms with Gasteiger partial charge in [-0.05, 0) is 105 Å². The number of anilines is 3.